The Morgan fingerprint density at radius 1 is 0.730 bits per heavy atom. The maximum atomic E-state index is 15.2. The Morgan fingerprint density at radius 2 is 1.41 bits per heavy atom. The van der Waals surface area contributed by atoms with Crippen molar-refractivity contribution in [3.8, 4) is 11.5 Å². The molecule has 4 aromatic rings. The van der Waals surface area contributed by atoms with E-state index in [1.807, 2.05) is 36.4 Å². The molecule has 0 bridgehead atoms. The molecule has 0 unspecified atom stereocenters. The lowest BCUT2D eigenvalue weighted by Gasteiger charge is -2.10. The molecule has 0 aliphatic rings. The van der Waals surface area contributed by atoms with Crippen LogP contribution >= 0.6 is 0 Å². The van der Waals surface area contributed by atoms with E-state index < -0.39 is 18.2 Å². The quantitative estimate of drug-likeness (QED) is 0.141. The third kappa shape index (κ3) is 7.25. The van der Waals surface area contributed by atoms with Gasteiger partial charge >= 0.3 is 6.61 Å². The fourth-order valence-electron chi connectivity index (χ4n) is 4.28. The van der Waals surface area contributed by atoms with Crippen molar-refractivity contribution in [2.75, 3.05) is 6.61 Å². The second-order valence-electron chi connectivity index (χ2n) is 9.08. The molecule has 0 aliphatic carbocycles. The van der Waals surface area contributed by atoms with E-state index in [9.17, 15) is 13.2 Å². The summed E-state index contributed by atoms with van der Waals surface area (Å²) in [5, 5.41) is 1.37. The standard InChI is InChI=1S/C31H30F4O2/c1-2-3-18-36-26-14-7-21(8-15-26)4-5-22-9-16-27-25(19-22)13-12-24(30(27)33)11-6-23-10-17-29(28(32)20-23)37-31(34)35/h7-10,12-17,19-20,31H,2-6,11,18H2,1H3. The van der Waals surface area contributed by atoms with E-state index >= 15 is 4.39 Å². The maximum Gasteiger partial charge on any atom is 0.387 e. The molecule has 0 N–H and O–H groups in total. The van der Waals surface area contributed by atoms with Crippen LogP contribution in [0.5, 0.6) is 11.5 Å². The minimum absolute atomic E-state index is 0.291. The van der Waals surface area contributed by atoms with Crippen molar-refractivity contribution in [1.82, 2.24) is 0 Å². The van der Waals surface area contributed by atoms with E-state index in [-0.39, 0.29) is 5.82 Å². The van der Waals surface area contributed by atoms with E-state index in [1.54, 1.807) is 6.07 Å². The lowest BCUT2D eigenvalue weighted by atomic mass is 9.97. The van der Waals surface area contributed by atoms with Gasteiger partial charge in [0.2, 0.25) is 0 Å². The number of hydrogen-bond acceptors (Lipinski definition) is 2. The smallest absolute Gasteiger partial charge is 0.387 e. The number of benzene rings is 4. The molecule has 0 aliphatic heterocycles. The Balaban J connectivity index is 1.37. The first-order valence-corrected chi connectivity index (χ1v) is 12.6. The Kier molecular flexibility index (Phi) is 9.04. The SMILES string of the molecule is CCCCOc1ccc(CCc2ccc3c(F)c(CCc4ccc(OC(F)F)c(F)c4)ccc3c2)cc1. The van der Waals surface area contributed by atoms with Crippen molar-refractivity contribution in [1.29, 1.82) is 0 Å². The van der Waals surface area contributed by atoms with Gasteiger partial charge < -0.3 is 9.47 Å². The number of halogens is 4. The number of hydrogen-bond donors (Lipinski definition) is 0. The molecule has 0 saturated carbocycles. The molecule has 0 heterocycles. The van der Waals surface area contributed by atoms with Crippen LogP contribution in [0.4, 0.5) is 17.6 Å². The number of unbranched alkanes of at least 4 members (excludes halogenated alkanes) is 1. The predicted octanol–water partition coefficient (Wildman–Crippen LogP) is 8.47. The van der Waals surface area contributed by atoms with Gasteiger partial charge in [-0.3, -0.25) is 0 Å². The number of rotatable bonds is 12. The molecule has 37 heavy (non-hydrogen) atoms. The first kappa shape index (κ1) is 26.5. The number of ether oxygens (including phenoxy) is 2. The van der Waals surface area contributed by atoms with Gasteiger partial charge in [-0.2, -0.15) is 8.78 Å². The first-order valence-electron chi connectivity index (χ1n) is 12.6. The molecule has 6 heteroatoms. The Hall–Kier alpha value is -3.54. The summed E-state index contributed by atoms with van der Waals surface area (Å²) in [4.78, 5) is 0. The lowest BCUT2D eigenvalue weighted by molar-refractivity contribution is -0.0522. The lowest BCUT2D eigenvalue weighted by Crippen LogP contribution is -2.04. The van der Waals surface area contributed by atoms with Crippen LogP contribution in [0.15, 0.2) is 72.8 Å². The molecule has 0 aromatic heterocycles. The topological polar surface area (TPSA) is 18.5 Å². The van der Waals surface area contributed by atoms with Gasteiger partial charge in [-0.05, 0) is 84.0 Å². The summed E-state index contributed by atoms with van der Waals surface area (Å²) in [6, 6.07) is 21.4. The molecule has 0 saturated heterocycles. The highest BCUT2D eigenvalue weighted by Crippen LogP contribution is 2.26. The Morgan fingerprint density at radius 3 is 2.14 bits per heavy atom. The highest BCUT2D eigenvalue weighted by Gasteiger charge is 2.12. The van der Waals surface area contributed by atoms with Gasteiger partial charge in [0, 0.05) is 5.39 Å². The Labute approximate surface area is 214 Å². The monoisotopic (exact) mass is 510 g/mol. The van der Waals surface area contributed by atoms with Crippen LogP contribution in [0, 0.1) is 11.6 Å². The molecule has 4 rings (SSSR count). The average Bonchev–Trinajstić information content (AvgIpc) is 2.89. The molecule has 0 amide bonds. The second-order valence-corrected chi connectivity index (χ2v) is 9.08. The third-order valence-corrected chi connectivity index (χ3v) is 6.39. The molecule has 0 spiro atoms. The molecule has 4 aromatic carbocycles. The van der Waals surface area contributed by atoms with E-state index in [4.69, 9.17) is 4.74 Å². The van der Waals surface area contributed by atoms with Crippen molar-refractivity contribution < 1.29 is 27.0 Å². The van der Waals surface area contributed by atoms with Gasteiger partial charge in [-0.25, -0.2) is 8.78 Å². The minimum atomic E-state index is -3.09. The van der Waals surface area contributed by atoms with Crippen molar-refractivity contribution >= 4 is 10.8 Å². The van der Waals surface area contributed by atoms with Gasteiger partial charge in [-0.15, -0.1) is 0 Å². The van der Waals surface area contributed by atoms with E-state index in [2.05, 4.69) is 23.8 Å². The number of aryl methyl sites for hydroxylation is 4. The van der Waals surface area contributed by atoms with Crippen molar-refractivity contribution in [2.24, 2.45) is 0 Å². The second kappa shape index (κ2) is 12.6. The molecular weight excluding hydrogens is 480 g/mol. The number of fused-ring (bicyclic) bond motifs is 1. The average molecular weight is 511 g/mol. The Bertz CT molecular complexity index is 1320. The van der Waals surface area contributed by atoms with Gasteiger partial charge in [0.15, 0.2) is 11.6 Å². The van der Waals surface area contributed by atoms with Crippen LogP contribution in [0.3, 0.4) is 0 Å². The van der Waals surface area contributed by atoms with Crippen molar-refractivity contribution in [3.05, 3.63) is 107 Å². The summed E-state index contributed by atoms with van der Waals surface area (Å²) >= 11 is 0. The summed E-state index contributed by atoms with van der Waals surface area (Å²) in [6.45, 7) is -0.221. The van der Waals surface area contributed by atoms with Crippen LogP contribution in [0.25, 0.3) is 10.8 Å². The fourth-order valence-corrected chi connectivity index (χ4v) is 4.28. The third-order valence-electron chi connectivity index (χ3n) is 6.39. The van der Waals surface area contributed by atoms with Crippen LogP contribution in [0.2, 0.25) is 0 Å². The molecule has 0 radical (unpaired) electrons. The number of alkyl halides is 2. The molecule has 194 valence electrons. The van der Waals surface area contributed by atoms with Crippen molar-refractivity contribution in [2.45, 2.75) is 52.1 Å². The normalized spacial score (nSPS) is 11.3. The fraction of sp³-hybridized carbons (Fsp3) is 0.290. The minimum Gasteiger partial charge on any atom is -0.494 e. The zero-order valence-corrected chi connectivity index (χ0v) is 20.8. The summed E-state index contributed by atoms with van der Waals surface area (Å²) in [5.74, 6) is -0.765. The van der Waals surface area contributed by atoms with Crippen molar-refractivity contribution in [3.63, 3.8) is 0 Å². The van der Waals surface area contributed by atoms with Gasteiger partial charge in [-0.1, -0.05) is 61.9 Å². The highest BCUT2D eigenvalue weighted by molar-refractivity contribution is 5.84. The predicted molar refractivity (Wildman–Crippen MR) is 139 cm³/mol. The molecule has 2 nitrogen and oxygen atoms in total. The summed E-state index contributed by atoms with van der Waals surface area (Å²) in [7, 11) is 0. The van der Waals surface area contributed by atoms with Gasteiger partial charge in [0.25, 0.3) is 0 Å². The summed E-state index contributed by atoms with van der Waals surface area (Å²) in [5.41, 5.74) is 3.45. The van der Waals surface area contributed by atoms with Crippen LogP contribution in [0.1, 0.15) is 42.0 Å². The zero-order chi connectivity index (χ0) is 26.2. The first-order chi connectivity index (χ1) is 17.9. The summed E-state index contributed by atoms with van der Waals surface area (Å²) in [6.07, 6.45) is 4.59. The van der Waals surface area contributed by atoms with E-state index in [1.165, 1.54) is 17.7 Å². The largest absolute Gasteiger partial charge is 0.494 e. The summed E-state index contributed by atoms with van der Waals surface area (Å²) < 4.78 is 63.6. The van der Waals surface area contributed by atoms with E-state index in [0.29, 0.717) is 29.4 Å². The van der Waals surface area contributed by atoms with Crippen LogP contribution in [-0.4, -0.2) is 13.2 Å². The van der Waals surface area contributed by atoms with Crippen LogP contribution < -0.4 is 9.47 Å². The molecule has 0 fully saturated rings. The molecule has 0 atom stereocenters. The maximum absolute atomic E-state index is 15.2. The van der Waals surface area contributed by atoms with Crippen LogP contribution in [-0.2, 0) is 25.7 Å². The zero-order valence-electron chi connectivity index (χ0n) is 20.8. The van der Waals surface area contributed by atoms with Gasteiger partial charge in [0.05, 0.1) is 6.61 Å². The highest BCUT2D eigenvalue weighted by atomic mass is 19.3. The molecular formula is C31H30F4O2. The van der Waals surface area contributed by atoms with E-state index in [0.717, 1.165) is 55.1 Å². The van der Waals surface area contributed by atoms with Gasteiger partial charge in [0.1, 0.15) is 11.6 Å².